The molecule has 1 aromatic carbocycles. The number of aliphatic hydroxyl groups excluding tert-OH is 1. The minimum Gasteiger partial charge on any atom is -0.390 e. The highest BCUT2D eigenvalue weighted by atomic mass is 19.1. The highest BCUT2D eigenvalue weighted by Gasteiger charge is 2.43. The van der Waals surface area contributed by atoms with Crippen LogP contribution in [0, 0.1) is 17.7 Å². The third-order valence-corrected chi connectivity index (χ3v) is 5.28. The van der Waals surface area contributed by atoms with Gasteiger partial charge in [0.1, 0.15) is 5.82 Å². The zero-order valence-electron chi connectivity index (χ0n) is 14.2. The molecule has 0 aromatic heterocycles. The average molecular weight is 334 g/mol. The van der Waals surface area contributed by atoms with Crippen molar-refractivity contribution in [1.82, 2.24) is 10.2 Å². The number of benzene rings is 1. The molecule has 3 atom stereocenters. The van der Waals surface area contributed by atoms with E-state index in [1.165, 1.54) is 25.0 Å². The van der Waals surface area contributed by atoms with Crippen molar-refractivity contribution >= 4 is 5.91 Å². The number of aliphatic hydroxyl groups is 1. The number of hydrogen-bond acceptors (Lipinski definition) is 3. The molecular formula is C19H27FN2O2. The number of nitrogens with zero attached hydrogens (tertiary/aromatic N) is 1. The van der Waals surface area contributed by atoms with Crippen molar-refractivity contribution in [3.8, 4) is 0 Å². The van der Waals surface area contributed by atoms with Crippen molar-refractivity contribution in [2.75, 3.05) is 26.2 Å². The van der Waals surface area contributed by atoms with Crippen LogP contribution in [0.4, 0.5) is 4.39 Å². The molecule has 4 nitrogen and oxygen atoms in total. The smallest absolute Gasteiger partial charge is 0.223 e. The fourth-order valence-electron chi connectivity index (χ4n) is 3.52. The lowest BCUT2D eigenvalue weighted by Gasteiger charge is -2.31. The Bertz CT molecular complexity index is 555. The van der Waals surface area contributed by atoms with Gasteiger partial charge in [0.15, 0.2) is 0 Å². The van der Waals surface area contributed by atoms with E-state index in [1.807, 2.05) is 0 Å². The first-order valence-electron chi connectivity index (χ1n) is 8.96. The molecule has 1 saturated carbocycles. The van der Waals surface area contributed by atoms with Gasteiger partial charge in [0.2, 0.25) is 5.91 Å². The fourth-order valence-corrected chi connectivity index (χ4v) is 3.52. The van der Waals surface area contributed by atoms with Crippen LogP contribution in [0.2, 0.25) is 0 Å². The molecule has 2 N–H and O–H groups in total. The molecule has 3 unspecified atom stereocenters. The van der Waals surface area contributed by atoms with Gasteiger partial charge in [-0.2, -0.15) is 0 Å². The minimum atomic E-state index is -0.523. The Labute approximate surface area is 143 Å². The Morgan fingerprint density at radius 3 is 2.67 bits per heavy atom. The Morgan fingerprint density at radius 1 is 1.33 bits per heavy atom. The van der Waals surface area contributed by atoms with E-state index in [0.29, 0.717) is 13.1 Å². The van der Waals surface area contributed by atoms with E-state index in [2.05, 4.69) is 17.1 Å². The molecule has 2 fully saturated rings. The van der Waals surface area contributed by atoms with Crippen molar-refractivity contribution in [1.29, 1.82) is 0 Å². The molecular weight excluding hydrogens is 307 g/mol. The molecule has 3 rings (SSSR count). The van der Waals surface area contributed by atoms with Gasteiger partial charge in [0.25, 0.3) is 0 Å². The normalized spacial score (nSPS) is 26.1. The Morgan fingerprint density at radius 2 is 2.00 bits per heavy atom. The van der Waals surface area contributed by atoms with Gasteiger partial charge >= 0.3 is 0 Å². The number of piperidine rings is 1. The van der Waals surface area contributed by atoms with Gasteiger partial charge in [-0.05, 0) is 61.9 Å². The summed E-state index contributed by atoms with van der Waals surface area (Å²) in [7, 11) is 0. The van der Waals surface area contributed by atoms with Crippen LogP contribution in [0.1, 0.15) is 37.7 Å². The molecule has 1 aliphatic carbocycles. The highest BCUT2D eigenvalue weighted by Crippen LogP contribution is 2.47. The van der Waals surface area contributed by atoms with Gasteiger partial charge < -0.3 is 15.3 Å². The highest BCUT2D eigenvalue weighted by molar-refractivity contribution is 5.82. The zero-order valence-corrected chi connectivity index (χ0v) is 14.2. The molecule has 1 saturated heterocycles. The lowest BCUT2D eigenvalue weighted by atomic mass is 9.99. The summed E-state index contributed by atoms with van der Waals surface area (Å²) in [4.78, 5) is 14.5. The number of β-amino-alcohol motifs (C(OH)–C–C–N with tert-alkyl or cyclic N) is 1. The molecule has 24 heavy (non-hydrogen) atoms. The van der Waals surface area contributed by atoms with Crippen LogP contribution in [-0.2, 0) is 4.79 Å². The Balaban J connectivity index is 1.37. The summed E-state index contributed by atoms with van der Waals surface area (Å²) in [5.74, 6) is 0.660. The number of rotatable bonds is 6. The topological polar surface area (TPSA) is 52.6 Å². The van der Waals surface area contributed by atoms with Crippen LogP contribution in [0.15, 0.2) is 24.3 Å². The van der Waals surface area contributed by atoms with E-state index in [9.17, 15) is 14.3 Å². The van der Waals surface area contributed by atoms with Crippen molar-refractivity contribution in [2.45, 2.75) is 38.2 Å². The van der Waals surface area contributed by atoms with Crippen molar-refractivity contribution < 1.29 is 14.3 Å². The Hall–Kier alpha value is -1.46. The SMILES string of the molecule is CC1CCN(CC(O)CNC(=O)C2CC2c2ccc(F)cc2)CC1. The number of nitrogens with one attached hydrogen (secondary N) is 1. The maximum atomic E-state index is 12.9. The van der Waals surface area contributed by atoms with E-state index in [1.54, 1.807) is 12.1 Å². The molecule has 5 heteroatoms. The van der Waals surface area contributed by atoms with Gasteiger partial charge in [-0.1, -0.05) is 19.1 Å². The lowest BCUT2D eigenvalue weighted by molar-refractivity contribution is -0.122. The molecule has 1 aromatic rings. The van der Waals surface area contributed by atoms with E-state index in [4.69, 9.17) is 0 Å². The maximum absolute atomic E-state index is 12.9. The van der Waals surface area contributed by atoms with Crippen molar-refractivity contribution in [2.24, 2.45) is 11.8 Å². The van der Waals surface area contributed by atoms with Gasteiger partial charge in [-0.25, -0.2) is 4.39 Å². The summed E-state index contributed by atoms with van der Waals surface area (Å²) in [6, 6.07) is 6.37. The van der Waals surface area contributed by atoms with Gasteiger partial charge in [0.05, 0.1) is 6.10 Å². The number of carbonyl (C=O) groups is 1. The van der Waals surface area contributed by atoms with E-state index < -0.39 is 6.10 Å². The molecule has 1 amide bonds. The number of halogens is 1. The molecule has 132 valence electrons. The van der Waals surface area contributed by atoms with E-state index in [0.717, 1.165) is 31.0 Å². The first-order chi connectivity index (χ1) is 11.5. The monoisotopic (exact) mass is 334 g/mol. The van der Waals surface area contributed by atoms with Crippen LogP contribution in [0.25, 0.3) is 0 Å². The maximum Gasteiger partial charge on any atom is 0.223 e. The Kier molecular flexibility index (Phi) is 5.51. The standard InChI is InChI=1S/C19H27FN2O2/c1-13-6-8-22(9-7-13)12-16(23)11-21-19(24)18-10-17(18)14-2-4-15(20)5-3-14/h2-5,13,16-18,23H,6-12H2,1H3,(H,21,24). The minimum absolute atomic E-state index is 0.00404. The van der Waals surface area contributed by atoms with Gasteiger partial charge in [0, 0.05) is 19.0 Å². The quantitative estimate of drug-likeness (QED) is 0.838. The van der Waals surface area contributed by atoms with Crippen LogP contribution in [-0.4, -0.2) is 48.2 Å². The average Bonchev–Trinajstić information content (AvgIpc) is 3.36. The molecule has 1 heterocycles. The second kappa shape index (κ2) is 7.62. The van der Waals surface area contributed by atoms with E-state index >= 15 is 0 Å². The summed E-state index contributed by atoms with van der Waals surface area (Å²) in [6.07, 6.45) is 2.64. The van der Waals surface area contributed by atoms with Gasteiger partial charge in [-0.3, -0.25) is 4.79 Å². The van der Waals surface area contributed by atoms with Crippen LogP contribution < -0.4 is 5.32 Å². The predicted molar refractivity (Wildman–Crippen MR) is 91.1 cm³/mol. The molecule has 2 aliphatic rings. The molecule has 0 radical (unpaired) electrons. The first-order valence-corrected chi connectivity index (χ1v) is 8.96. The molecule has 0 bridgehead atoms. The van der Waals surface area contributed by atoms with Crippen molar-refractivity contribution in [3.05, 3.63) is 35.6 Å². The second-order valence-electron chi connectivity index (χ2n) is 7.38. The third kappa shape index (κ3) is 4.54. The summed E-state index contributed by atoms with van der Waals surface area (Å²) in [5, 5.41) is 13.0. The number of likely N-dealkylation sites (tertiary alicyclic amines) is 1. The molecule has 0 spiro atoms. The fraction of sp³-hybridized carbons (Fsp3) is 0.632. The van der Waals surface area contributed by atoms with Crippen LogP contribution in [0.5, 0.6) is 0 Å². The van der Waals surface area contributed by atoms with Crippen LogP contribution >= 0.6 is 0 Å². The summed E-state index contributed by atoms with van der Waals surface area (Å²) in [6.45, 7) is 5.25. The number of amides is 1. The first kappa shape index (κ1) is 17.4. The largest absolute Gasteiger partial charge is 0.390 e. The summed E-state index contributed by atoms with van der Waals surface area (Å²) < 4.78 is 12.9. The summed E-state index contributed by atoms with van der Waals surface area (Å²) in [5.41, 5.74) is 1.01. The lowest BCUT2D eigenvalue weighted by Crippen LogP contribution is -2.43. The molecule has 1 aliphatic heterocycles. The number of hydrogen-bond donors (Lipinski definition) is 2. The van der Waals surface area contributed by atoms with Gasteiger partial charge in [-0.15, -0.1) is 0 Å². The third-order valence-electron chi connectivity index (χ3n) is 5.28. The summed E-state index contributed by atoms with van der Waals surface area (Å²) >= 11 is 0. The van der Waals surface area contributed by atoms with Crippen LogP contribution in [0.3, 0.4) is 0 Å². The number of carbonyl (C=O) groups excluding carboxylic acids is 1. The predicted octanol–water partition coefficient (Wildman–Crippen LogP) is 2.14. The zero-order chi connectivity index (χ0) is 17.1. The second-order valence-corrected chi connectivity index (χ2v) is 7.38. The van der Waals surface area contributed by atoms with Crippen molar-refractivity contribution in [3.63, 3.8) is 0 Å². The van der Waals surface area contributed by atoms with E-state index in [-0.39, 0.29) is 23.6 Å².